The van der Waals surface area contributed by atoms with Crippen molar-refractivity contribution in [3.8, 4) is 5.75 Å². The van der Waals surface area contributed by atoms with Gasteiger partial charge in [-0.25, -0.2) is 8.42 Å². The van der Waals surface area contributed by atoms with Crippen molar-refractivity contribution in [1.29, 1.82) is 0 Å². The summed E-state index contributed by atoms with van der Waals surface area (Å²) in [4.78, 5) is 12.4. The Hall–Kier alpha value is -3.06. The third-order valence-electron chi connectivity index (χ3n) is 4.66. The highest BCUT2D eigenvalue weighted by Crippen LogP contribution is 2.21. The summed E-state index contributed by atoms with van der Waals surface area (Å²) < 4.78 is 30.0. The zero-order chi connectivity index (χ0) is 21.0. The number of nitrogens with zero attached hydrogens (tertiary/aromatic N) is 1. The minimum absolute atomic E-state index is 0.226. The Labute approximate surface area is 171 Å². The molecular formula is C22H24N2O4S. The Kier molecular flexibility index (Phi) is 6.08. The summed E-state index contributed by atoms with van der Waals surface area (Å²) in [6, 6.07) is 20.7. The summed E-state index contributed by atoms with van der Waals surface area (Å²) >= 11 is 0. The van der Waals surface area contributed by atoms with E-state index in [4.69, 9.17) is 4.74 Å². The van der Waals surface area contributed by atoms with Crippen LogP contribution in [0.4, 0.5) is 5.69 Å². The van der Waals surface area contributed by atoms with Crippen LogP contribution in [0.3, 0.4) is 0 Å². The highest BCUT2D eigenvalue weighted by atomic mass is 32.2. The topological polar surface area (TPSA) is 75.7 Å². The van der Waals surface area contributed by atoms with Gasteiger partial charge in [0.05, 0.1) is 11.9 Å². The average Bonchev–Trinajstić information content (AvgIpc) is 2.71. The Balaban J connectivity index is 1.57. The molecule has 0 spiro atoms. The van der Waals surface area contributed by atoms with Crippen molar-refractivity contribution in [2.24, 2.45) is 0 Å². The fraction of sp³-hybridized carbons (Fsp3) is 0.227. The number of hydrogen-bond donors (Lipinski definition) is 1. The third-order valence-corrected chi connectivity index (χ3v) is 5.87. The highest BCUT2D eigenvalue weighted by molar-refractivity contribution is 7.92. The lowest BCUT2D eigenvalue weighted by Gasteiger charge is -2.18. The Morgan fingerprint density at radius 3 is 2.34 bits per heavy atom. The van der Waals surface area contributed by atoms with Gasteiger partial charge in [0.25, 0.3) is 5.91 Å². The number of amides is 1. The molecule has 152 valence electrons. The number of carbonyl (C=O) groups is 1. The molecule has 1 amide bonds. The van der Waals surface area contributed by atoms with Gasteiger partial charge in [-0.15, -0.1) is 0 Å². The maximum atomic E-state index is 12.4. The van der Waals surface area contributed by atoms with Gasteiger partial charge in [-0.3, -0.25) is 9.10 Å². The lowest BCUT2D eigenvalue weighted by atomic mass is 10.1. The Morgan fingerprint density at radius 1 is 1.03 bits per heavy atom. The number of fused-ring (bicyclic) bond motifs is 1. The van der Waals surface area contributed by atoms with Gasteiger partial charge in [0.1, 0.15) is 5.75 Å². The Morgan fingerprint density at radius 2 is 1.69 bits per heavy atom. The van der Waals surface area contributed by atoms with Gasteiger partial charge in [0, 0.05) is 13.6 Å². The largest absolute Gasteiger partial charge is 0.481 e. The first kappa shape index (κ1) is 20.7. The monoisotopic (exact) mass is 412 g/mol. The predicted octanol–water partition coefficient (Wildman–Crippen LogP) is 3.32. The first-order valence-corrected chi connectivity index (χ1v) is 11.0. The zero-order valence-corrected chi connectivity index (χ0v) is 17.4. The normalized spacial score (nSPS) is 12.4. The molecule has 1 N–H and O–H groups in total. The molecule has 3 aromatic rings. The van der Waals surface area contributed by atoms with Crippen LogP contribution < -0.4 is 14.4 Å². The molecule has 0 bridgehead atoms. The van der Waals surface area contributed by atoms with E-state index in [9.17, 15) is 13.2 Å². The molecule has 0 fully saturated rings. The lowest BCUT2D eigenvalue weighted by Crippen LogP contribution is -2.35. The average molecular weight is 413 g/mol. The molecule has 0 aliphatic carbocycles. The molecule has 0 aromatic heterocycles. The zero-order valence-electron chi connectivity index (χ0n) is 16.6. The van der Waals surface area contributed by atoms with Crippen molar-refractivity contribution in [2.45, 2.75) is 19.6 Å². The van der Waals surface area contributed by atoms with Crippen LogP contribution in [0.25, 0.3) is 10.8 Å². The minimum Gasteiger partial charge on any atom is -0.481 e. The van der Waals surface area contributed by atoms with Crippen LogP contribution in [0.15, 0.2) is 66.7 Å². The Bertz CT molecular complexity index is 1110. The van der Waals surface area contributed by atoms with Crippen LogP contribution in [-0.2, 0) is 21.4 Å². The molecule has 0 unspecified atom stereocenters. The van der Waals surface area contributed by atoms with Crippen molar-refractivity contribution in [1.82, 2.24) is 5.32 Å². The summed E-state index contributed by atoms with van der Waals surface area (Å²) in [5.74, 6) is 0.263. The predicted molar refractivity (Wildman–Crippen MR) is 116 cm³/mol. The van der Waals surface area contributed by atoms with Gasteiger partial charge in [0.15, 0.2) is 6.10 Å². The number of carbonyl (C=O) groups excluding carboxylic acids is 1. The minimum atomic E-state index is -3.32. The molecular weight excluding hydrogens is 388 g/mol. The molecule has 0 saturated heterocycles. The quantitative estimate of drug-likeness (QED) is 0.646. The van der Waals surface area contributed by atoms with Crippen LogP contribution in [0.1, 0.15) is 12.5 Å². The summed E-state index contributed by atoms with van der Waals surface area (Å²) in [6.07, 6.45) is 0.452. The van der Waals surface area contributed by atoms with Gasteiger partial charge in [-0.2, -0.15) is 0 Å². The van der Waals surface area contributed by atoms with Gasteiger partial charge in [0.2, 0.25) is 10.0 Å². The van der Waals surface area contributed by atoms with E-state index in [1.54, 1.807) is 31.2 Å². The van der Waals surface area contributed by atoms with Crippen molar-refractivity contribution in [3.05, 3.63) is 72.3 Å². The number of anilines is 1. The van der Waals surface area contributed by atoms with Gasteiger partial charge in [-0.05, 0) is 53.6 Å². The van der Waals surface area contributed by atoms with Crippen LogP contribution >= 0.6 is 0 Å². The van der Waals surface area contributed by atoms with Crippen molar-refractivity contribution in [3.63, 3.8) is 0 Å². The summed E-state index contributed by atoms with van der Waals surface area (Å²) in [5.41, 5.74) is 1.53. The molecule has 1 atom stereocenters. The van der Waals surface area contributed by atoms with E-state index in [1.165, 1.54) is 11.4 Å². The van der Waals surface area contributed by atoms with E-state index in [-0.39, 0.29) is 5.91 Å². The fourth-order valence-corrected chi connectivity index (χ4v) is 3.37. The molecule has 0 saturated carbocycles. The van der Waals surface area contributed by atoms with Crippen LogP contribution in [0.2, 0.25) is 0 Å². The molecule has 6 nitrogen and oxygen atoms in total. The van der Waals surface area contributed by atoms with Crippen molar-refractivity contribution < 1.29 is 17.9 Å². The number of ether oxygens (including phenoxy) is 1. The van der Waals surface area contributed by atoms with Crippen LogP contribution in [-0.4, -0.2) is 33.7 Å². The van der Waals surface area contributed by atoms with Crippen molar-refractivity contribution in [2.75, 3.05) is 17.6 Å². The second-order valence-electron chi connectivity index (χ2n) is 6.88. The molecule has 29 heavy (non-hydrogen) atoms. The standard InChI is InChI=1S/C22H24N2O4S/c1-16(28-21-12-10-20(11-13-21)24(2)29(3,26)27)22(25)23-15-17-8-9-18-6-4-5-7-19(18)14-17/h4-14,16H,15H2,1-3H3,(H,23,25)/t16-/m0/s1. The molecule has 7 heteroatoms. The molecule has 3 aromatic carbocycles. The smallest absolute Gasteiger partial charge is 0.261 e. The van der Waals surface area contributed by atoms with Crippen molar-refractivity contribution >= 4 is 32.4 Å². The maximum absolute atomic E-state index is 12.4. The number of hydrogen-bond acceptors (Lipinski definition) is 4. The van der Waals surface area contributed by atoms with Gasteiger partial charge >= 0.3 is 0 Å². The van der Waals surface area contributed by atoms with E-state index < -0.39 is 16.1 Å². The summed E-state index contributed by atoms with van der Waals surface area (Å²) in [6.45, 7) is 2.09. The first-order chi connectivity index (χ1) is 13.7. The SMILES string of the molecule is C[C@H](Oc1ccc(N(C)S(C)(=O)=O)cc1)C(=O)NCc1ccc2ccccc2c1. The fourth-order valence-electron chi connectivity index (χ4n) is 2.87. The van der Waals surface area contributed by atoms with E-state index in [0.29, 0.717) is 18.0 Å². The number of rotatable bonds is 7. The summed E-state index contributed by atoms with van der Waals surface area (Å²) in [7, 11) is -1.84. The van der Waals surface area contributed by atoms with Gasteiger partial charge < -0.3 is 10.1 Å². The second-order valence-corrected chi connectivity index (χ2v) is 8.90. The lowest BCUT2D eigenvalue weighted by molar-refractivity contribution is -0.127. The van der Waals surface area contributed by atoms with E-state index in [1.807, 2.05) is 36.4 Å². The van der Waals surface area contributed by atoms with Gasteiger partial charge in [-0.1, -0.05) is 36.4 Å². The van der Waals surface area contributed by atoms with E-state index in [0.717, 1.165) is 22.6 Å². The summed E-state index contributed by atoms with van der Waals surface area (Å²) in [5, 5.41) is 5.17. The second kappa shape index (κ2) is 8.53. The molecule has 0 aliphatic rings. The molecule has 0 aliphatic heterocycles. The van der Waals surface area contributed by atoms with E-state index >= 15 is 0 Å². The maximum Gasteiger partial charge on any atom is 0.261 e. The van der Waals surface area contributed by atoms with E-state index in [2.05, 4.69) is 11.4 Å². The first-order valence-electron chi connectivity index (χ1n) is 9.20. The van der Waals surface area contributed by atoms with Crippen LogP contribution in [0.5, 0.6) is 5.75 Å². The van der Waals surface area contributed by atoms with Crippen LogP contribution in [0, 0.1) is 0 Å². The molecule has 0 heterocycles. The molecule has 3 rings (SSSR count). The molecule has 0 radical (unpaired) electrons. The third kappa shape index (κ3) is 5.26. The number of benzene rings is 3. The highest BCUT2D eigenvalue weighted by Gasteiger charge is 2.16. The number of sulfonamides is 1. The number of nitrogens with one attached hydrogen (secondary N) is 1.